The van der Waals surface area contributed by atoms with Crippen LogP contribution in [0.4, 0.5) is 4.79 Å². The molecule has 2 N–H and O–H groups in total. The summed E-state index contributed by atoms with van der Waals surface area (Å²) in [6, 6.07) is 17.2. The van der Waals surface area contributed by atoms with E-state index >= 15 is 0 Å². The largest absolute Gasteiger partial charge is 0.494 e. The number of hydrogen-bond acceptors (Lipinski definition) is 3. The molecule has 0 fully saturated rings. The van der Waals surface area contributed by atoms with Crippen LogP contribution in [-0.4, -0.2) is 35.8 Å². The van der Waals surface area contributed by atoms with Gasteiger partial charge in [0.2, 0.25) is 0 Å². The Labute approximate surface area is 142 Å². The van der Waals surface area contributed by atoms with Crippen LogP contribution in [0, 0.1) is 0 Å². The SMILES string of the molecule is CCOc1ccc(CNC(=O)N(CCO)Cc2ccccc2)cc1. The first-order chi connectivity index (χ1) is 11.7. The molecule has 0 aromatic heterocycles. The van der Waals surface area contributed by atoms with Crippen molar-refractivity contribution in [1.29, 1.82) is 0 Å². The van der Waals surface area contributed by atoms with E-state index in [2.05, 4.69) is 5.32 Å². The number of carbonyl (C=O) groups is 1. The number of amides is 2. The van der Waals surface area contributed by atoms with Gasteiger partial charge in [-0.15, -0.1) is 0 Å². The lowest BCUT2D eigenvalue weighted by molar-refractivity contribution is 0.173. The van der Waals surface area contributed by atoms with Crippen LogP contribution in [0.2, 0.25) is 0 Å². The van der Waals surface area contributed by atoms with Crippen LogP contribution in [0.3, 0.4) is 0 Å². The number of nitrogens with one attached hydrogen (secondary N) is 1. The molecule has 0 aliphatic heterocycles. The van der Waals surface area contributed by atoms with Gasteiger partial charge in [-0.3, -0.25) is 0 Å². The Hall–Kier alpha value is -2.53. The molecule has 24 heavy (non-hydrogen) atoms. The summed E-state index contributed by atoms with van der Waals surface area (Å²) in [6.45, 7) is 3.70. The predicted octanol–water partition coefficient (Wildman–Crippen LogP) is 2.79. The smallest absolute Gasteiger partial charge is 0.318 e. The van der Waals surface area contributed by atoms with Gasteiger partial charge in [0.25, 0.3) is 0 Å². The van der Waals surface area contributed by atoms with Crippen molar-refractivity contribution in [3.63, 3.8) is 0 Å². The molecule has 0 spiro atoms. The number of hydrogen-bond donors (Lipinski definition) is 2. The van der Waals surface area contributed by atoms with Crippen molar-refractivity contribution in [3.05, 3.63) is 65.7 Å². The topological polar surface area (TPSA) is 61.8 Å². The first-order valence-corrected chi connectivity index (χ1v) is 8.12. The highest BCUT2D eigenvalue weighted by Gasteiger charge is 2.13. The summed E-state index contributed by atoms with van der Waals surface area (Å²) in [7, 11) is 0. The fourth-order valence-corrected chi connectivity index (χ4v) is 2.34. The molecule has 0 saturated carbocycles. The van der Waals surface area contributed by atoms with Crippen LogP contribution in [-0.2, 0) is 13.1 Å². The molecule has 128 valence electrons. The molecule has 0 saturated heterocycles. The average molecular weight is 328 g/mol. The summed E-state index contributed by atoms with van der Waals surface area (Å²) < 4.78 is 5.40. The molecule has 0 aliphatic rings. The van der Waals surface area contributed by atoms with Crippen molar-refractivity contribution in [2.45, 2.75) is 20.0 Å². The Kier molecular flexibility index (Phi) is 7.11. The van der Waals surface area contributed by atoms with Gasteiger partial charge in [0.15, 0.2) is 0 Å². The molecule has 0 radical (unpaired) electrons. The fraction of sp³-hybridized carbons (Fsp3) is 0.316. The van der Waals surface area contributed by atoms with Crippen LogP contribution in [0.1, 0.15) is 18.1 Å². The zero-order valence-electron chi connectivity index (χ0n) is 13.9. The maximum absolute atomic E-state index is 12.4. The first kappa shape index (κ1) is 17.8. The summed E-state index contributed by atoms with van der Waals surface area (Å²) in [4.78, 5) is 14.0. The van der Waals surface area contributed by atoms with Crippen LogP contribution in [0.15, 0.2) is 54.6 Å². The van der Waals surface area contributed by atoms with Crippen molar-refractivity contribution in [1.82, 2.24) is 10.2 Å². The van der Waals surface area contributed by atoms with Gasteiger partial charge in [-0.2, -0.15) is 0 Å². The number of rotatable bonds is 8. The van der Waals surface area contributed by atoms with Crippen LogP contribution < -0.4 is 10.1 Å². The molecule has 0 bridgehead atoms. The molecule has 2 amide bonds. The van der Waals surface area contributed by atoms with Crippen molar-refractivity contribution in [2.75, 3.05) is 19.8 Å². The summed E-state index contributed by atoms with van der Waals surface area (Å²) >= 11 is 0. The predicted molar refractivity (Wildman–Crippen MR) is 93.8 cm³/mol. The van der Waals surface area contributed by atoms with Gasteiger partial charge < -0.3 is 20.1 Å². The quantitative estimate of drug-likeness (QED) is 0.783. The van der Waals surface area contributed by atoms with Crippen molar-refractivity contribution < 1.29 is 14.6 Å². The van der Waals surface area contributed by atoms with E-state index in [0.717, 1.165) is 16.9 Å². The minimum Gasteiger partial charge on any atom is -0.494 e. The number of ether oxygens (including phenoxy) is 1. The zero-order chi connectivity index (χ0) is 17.2. The third kappa shape index (κ3) is 5.59. The van der Waals surface area contributed by atoms with E-state index in [4.69, 9.17) is 4.74 Å². The molecular weight excluding hydrogens is 304 g/mol. The van der Waals surface area contributed by atoms with Gasteiger partial charge in [0.05, 0.1) is 13.2 Å². The Bertz CT molecular complexity index is 614. The Balaban J connectivity index is 1.90. The summed E-state index contributed by atoms with van der Waals surface area (Å²) in [5.41, 5.74) is 2.03. The highest BCUT2D eigenvalue weighted by atomic mass is 16.5. The number of aliphatic hydroxyl groups is 1. The minimum absolute atomic E-state index is 0.0662. The van der Waals surface area contributed by atoms with Gasteiger partial charge in [-0.25, -0.2) is 4.79 Å². The van der Waals surface area contributed by atoms with Gasteiger partial charge in [-0.1, -0.05) is 42.5 Å². The number of urea groups is 1. The van der Waals surface area contributed by atoms with E-state index < -0.39 is 0 Å². The molecule has 2 rings (SSSR count). The number of benzene rings is 2. The van der Waals surface area contributed by atoms with Gasteiger partial charge in [0, 0.05) is 19.6 Å². The maximum Gasteiger partial charge on any atom is 0.318 e. The first-order valence-electron chi connectivity index (χ1n) is 8.12. The molecular formula is C19H24N2O3. The molecule has 0 heterocycles. The second kappa shape index (κ2) is 9.57. The highest BCUT2D eigenvalue weighted by molar-refractivity contribution is 5.74. The highest BCUT2D eigenvalue weighted by Crippen LogP contribution is 2.12. The Morgan fingerprint density at radius 2 is 1.79 bits per heavy atom. The normalized spacial score (nSPS) is 10.2. The Morgan fingerprint density at radius 1 is 1.08 bits per heavy atom. The molecule has 0 atom stereocenters. The third-order valence-corrected chi connectivity index (χ3v) is 3.55. The Morgan fingerprint density at radius 3 is 2.42 bits per heavy atom. The van der Waals surface area contributed by atoms with Crippen LogP contribution >= 0.6 is 0 Å². The van der Waals surface area contributed by atoms with Crippen LogP contribution in [0.25, 0.3) is 0 Å². The third-order valence-electron chi connectivity index (χ3n) is 3.55. The second-order valence-corrected chi connectivity index (χ2v) is 5.37. The summed E-state index contributed by atoms with van der Waals surface area (Å²) in [5.74, 6) is 0.818. The van der Waals surface area contributed by atoms with Crippen LogP contribution in [0.5, 0.6) is 5.75 Å². The van der Waals surface area contributed by atoms with E-state index in [1.807, 2.05) is 61.5 Å². The van der Waals surface area contributed by atoms with E-state index in [1.54, 1.807) is 4.90 Å². The molecule has 0 aliphatic carbocycles. The lowest BCUT2D eigenvalue weighted by Gasteiger charge is -2.22. The molecule has 2 aromatic rings. The standard InChI is InChI=1S/C19H24N2O3/c1-2-24-18-10-8-16(9-11-18)14-20-19(23)21(12-13-22)15-17-6-4-3-5-7-17/h3-11,22H,2,12-15H2,1H3,(H,20,23). The van der Waals surface area contributed by atoms with E-state index in [-0.39, 0.29) is 12.6 Å². The second-order valence-electron chi connectivity index (χ2n) is 5.37. The lowest BCUT2D eigenvalue weighted by Crippen LogP contribution is -2.40. The number of carbonyl (C=O) groups excluding carboxylic acids is 1. The zero-order valence-corrected chi connectivity index (χ0v) is 13.9. The average Bonchev–Trinajstić information content (AvgIpc) is 2.62. The number of aliphatic hydroxyl groups excluding tert-OH is 1. The molecule has 0 unspecified atom stereocenters. The number of nitrogens with zero attached hydrogens (tertiary/aromatic N) is 1. The monoisotopic (exact) mass is 328 g/mol. The van der Waals surface area contributed by atoms with Gasteiger partial charge >= 0.3 is 6.03 Å². The lowest BCUT2D eigenvalue weighted by atomic mass is 10.2. The van der Waals surface area contributed by atoms with Crippen molar-refractivity contribution >= 4 is 6.03 Å². The molecule has 5 nitrogen and oxygen atoms in total. The molecule has 5 heteroatoms. The van der Waals surface area contributed by atoms with Crippen molar-refractivity contribution in [2.24, 2.45) is 0 Å². The van der Waals surface area contributed by atoms with E-state index in [9.17, 15) is 9.90 Å². The van der Waals surface area contributed by atoms with Gasteiger partial charge in [0.1, 0.15) is 5.75 Å². The maximum atomic E-state index is 12.4. The van der Waals surface area contributed by atoms with Gasteiger partial charge in [-0.05, 0) is 30.2 Å². The fourth-order valence-electron chi connectivity index (χ4n) is 2.34. The van der Waals surface area contributed by atoms with Crippen molar-refractivity contribution in [3.8, 4) is 5.75 Å². The molecule has 2 aromatic carbocycles. The minimum atomic E-state index is -0.193. The van der Waals surface area contributed by atoms with E-state index in [1.165, 1.54) is 0 Å². The summed E-state index contributed by atoms with van der Waals surface area (Å²) in [5, 5.41) is 12.1. The van der Waals surface area contributed by atoms with E-state index in [0.29, 0.717) is 26.2 Å². The summed E-state index contributed by atoms with van der Waals surface area (Å²) in [6.07, 6.45) is 0.